The number of pyridine rings is 1. The van der Waals surface area contributed by atoms with Crippen LogP contribution in [0, 0.1) is 5.92 Å². The molecule has 1 heterocycles. The zero-order valence-corrected chi connectivity index (χ0v) is 11.6. The lowest BCUT2D eigenvalue weighted by atomic mass is 10.1. The predicted molar refractivity (Wildman–Crippen MR) is 77.2 cm³/mol. The highest BCUT2D eigenvalue weighted by molar-refractivity contribution is 5.85. The number of hydrogen-bond acceptors (Lipinski definition) is 3. The van der Waals surface area contributed by atoms with Crippen molar-refractivity contribution in [3.05, 3.63) is 36.0 Å². The first-order chi connectivity index (χ1) is 9.20. The van der Waals surface area contributed by atoms with Crippen molar-refractivity contribution in [3.63, 3.8) is 0 Å². The zero-order valence-electron chi connectivity index (χ0n) is 11.6. The molecule has 0 spiro atoms. The lowest BCUT2D eigenvalue weighted by Crippen LogP contribution is -2.01. The Morgan fingerprint density at radius 2 is 2.05 bits per heavy atom. The lowest BCUT2D eigenvalue weighted by molar-refractivity contribution is 0.273. The smallest absolute Gasteiger partial charge is 0.130 e. The number of hydrogen-bond donors (Lipinski definition) is 1. The van der Waals surface area contributed by atoms with Crippen LogP contribution in [0.3, 0.4) is 0 Å². The maximum absolute atomic E-state index is 9.25. The minimum atomic E-state index is -0.0623. The van der Waals surface area contributed by atoms with E-state index in [-0.39, 0.29) is 6.61 Å². The van der Waals surface area contributed by atoms with E-state index in [2.05, 4.69) is 18.8 Å². The molecular formula is C16H21NO2. The van der Waals surface area contributed by atoms with E-state index in [1.54, 1.807) is 0 Å². The lowest BCUT2D eigenvalue weighted by Gasteiger charge is -2.11. The highest BCUT2D eigenvalue weighted by Gasteiger charge is 2.06. The fourth-order valence-electron chi connectivity index (χ4n) is 2.07. The van der Waals surface area contributed by atoms with Crippen molar-refractivity contribution in [3.8, 4) is 5.75 Å². The first kappa shape index (κ1) is 13.8. The van der Waals surface area contributed by atoms with E-state index in [0.717, 1.165) is 29.5 Å². The van der Waals surface area contributed by atoms with Crippen molar-refractivity contribution in [1.29, 1.82) is 0 Å². The number of nitrogens with zero attached hydrogens (tertiary/aromatic N) is 1. The van der Waals surface area contributed by atoms with E-state index >= 15 is 0 Å². The molecule has 0 unspecified atom stereocenters. The van der Waals surface area contributed by atoms with Gasteiger partial charge in [-0.15, -0.1) is 0 Å². The number of rotatable bonds is 6. The van der Waals surface area contributed by atoms with Crippen LogP contribution in [-0.2, 0) is 6.61 Å². The van der Waals surface area contributed by atoms with E-state index in [0.29, 0.717) is 18.2 Å². The van der Waals surface area contributed by atoms with E-state index < -0.39 is 0 Å². The monoisotopic (exact) mass is 259 g/mol. The molecular weight excluding hydrogens is 238 g/mol. The summed E-state index contributed by atoms with van der Waals surface area (Å²) >= 11 is 0. The molecule has 0 fully saturated rings. The van der Waals surface area contributed by atoms with Crippen LogP contribution in [0.25, 0.3) is 10.9 Å². The molecule has 0 aliphatic heterocycles. The Balaban J connectivity index is 2.16. The van der Waals surface area contributed by atoms with Crippen molar-refractivity contribution in [1.82, 2.24) is 4.98 Å². The summed E-state index contributed by atoms with van der Waals surface area (Å²) in [6, 6.07) is 9.69. The Morgan fingerprint density at radius 1 is 1.26 bits per heavy atom. The minimum Gasteiger partial charge on any atom is -0.493 e. The summed E-state index contributed by atoms with van der Waals surface area (Å²) in [7, 11) is 0. The molecule has 0 aliphatic rings. The maximum Gasteiger partial charge on any atom is 0.130 e. The van der Waals surface area contributed by atoms with Gasteiger partial charge in [0, 0.05) is 11.5 Å². The SMILES string of the molecule is CC(C)CCCOc1cc(CO)nc2ccccc12. The second-order valence-corrected chi connectivity index (χ2v) is 5.17. The average Bonchev–Trinajstić information content (AvgIpc) is 2.42. The molecule has 0 bridgehead atoms. The minimum absolute atomic E-state index is 0.0623. The average molecular weight is 259 g/mol. The molecule has 0 amide bonds. The number of aromatic nitrogens is 1. The topological polar surface area (TPSA) is 42.4 Å². The van der Waals surface area contributed by atoms with Gasteiger partial charge in [-0.1, -0.05) is 26.0 Å². The van der Waals surface area contributed by atoms with E-state index in [1.807, 2.05) is 30.3 Å². The van der Waals surface area contributed by atoms with Crippen molar-refractivity contribution < 1.29 is 9.84 Å². The van der Waals surface area contributed by atoms with Gasteiger partial charge in [0.2, 0.25) is 0 Å². The van der Waals surface area contributed by atoms with Gasteiger partial charge in [0.1, 0.15) is 5.75 Å². The Bertz CT molecular complexity index is 537. The Morgan fingerprint density at radius 3 is 2.79 bits per heavy atom. The van der Waals surface area contributed by atoms with Crippen LogP contribution in [0.1, 0.15) is 32.4 Å². The van der Waals surface area contributed by atoms with E-state index in [4.69, 9.17) is 4.74 Å². The summed E-state index contributed by atoms with van der Waals surface area (Å²) in [6.07, 6.45) is 2.21. The number of ether oxygens (including phenoxy) is 1. The molecule has 1 aromatic heterocycles. The zero-order chi connectivity index (χ0) is 13.7. The van der Waals surface area contributed by atoms with Crippen LogP contribution < -0.4 is 4.74 Å². The molecule has 0 radical (unpaired) electrons. The summed E-state index contributed by atoms with van der Waals surface area (Å²) in [4.78, 5) is 4.38. The standard InChI is InChI=1S/C16H21NO2/c1-12(2)6-5-9-19-16-10-13(11-18)17-15-8-4-3-7-14(15)16/h3-4,7-8,10,12,18H,5-6,9,11H2,1-2H3. The van der Waals surface area contributed by atoms with Gasteiger partial charge in [0.15, 0.2) is 0 Å². The molecule has 0 atom stereocenters. The second kappa shape index (κ2) is 6.53. The molecule has 2 aromatic rings. The van der Waals surface area contributed by atoms with Gasteiger partial charge in [-0.25, -0.2) is 0 Å². The van der Waals surface area contributed by atoms with Gasteiger partial charge in [0.25, 0.3) is 0 Å². The molecule has 2 rings (SSSR count). The third-order valence-corrected chi connectivity index (χ3v) is 3.08. The Kier molecular flexibility index (Phi) is 4.74. The summed E-state index contributed by atoms with van der Waals surface area (Å²) in [5.41, 5.74) is 1.52. The highest BCUT2D eigenvalue weighted by atomic mass is 16.5. The van der Waals surface area contributed by atoms with E-state index in [1.165, 1.54) is 0 Å². The molecule has 3 heteroatoms. The van der Waals surface area contributed by atoms with Gasteiger partial charge in [-0.2, -0.15) is 0 Å². The van der Waals surface area contributed by atoms with Gasteiger partial charge < -0.3 is 9.84 Å². The highest BCUT2D eigenvalue weighted by Crippen LogP contribution is 2.25. The summed E-state index contributed by atoms with van der Waals surface area (Å²) in [6.45, 7) is 5.07. The largest absolute Gasteiger partial charge is 0.493 e. The van der Waals surface area contributed by atoms with Crippen LogP contribution in [0.4, 0.5) is 0 Å². The number of para-hydroxylation sites is 1. The molecule has 0 saturated carbocycles. The quantitative estimate of drug-likeness (QED) is 0.807. The fraction of sp³-hybridized carbons (Fsp3) is 0.438. The third kappa shape index (κ3) is 3.67. The molecule has 0 saturated heterocycles. The van der Waals surface area contributed by atoms with Crippen LogP contribution in [-0.4, -0.2) is 16.7 Å². The van der Waals surface area contributed by atoms with Crippen molar-refractivity contribution in [2.75, 3.05) is 6.61 Å². The van der Waals surface area contributed by atoms with Crippen LogP contribution >= 0.6 is 0 Å². The van der Waals surface area contributed by atoms with Crippen molar-refractivity contribution in [2.24, 2.45) is 5.92 Å². The first-order valence-electron chi connectivity index (χ1n) is 6.83. The molecule has 3 nitrogen and oxygen atoms in total. The number of benzene rings is 1. The number of aliphatic hydroxyl groups excluding tert-OH is 1. The van der Waals surface area contributed by atoms with Crippen molar-refractivity contribution >= 4 is 10.9 Å². The maximum atomic E-state index is 9.25. The molecule has 0 aliphatic carbocycles. The normalized spacial score (nSPS) is 11.2. The Labute approximate surface area is 114 Å². The third-order valence-electron chi connectivity index (χ3n) is 3.08. The van der Waals surface area contributed by atoms with Crippen LogP contribution in [0.15, 0.2) is 30.3 Å². The summed E-state index contributed by atoms with van der Waals surface area (Å²) in [5, 5.41) is 10.3. The summed E-state index contributed by atoms with van der Waals surface area (Å²) < 4.78 is 5.86. The van der Waals surface area contributed by atoms with Crippen molar-refractivity contribution in [2.45, 2.75) is 33.3 Å². The number of aliphatic hydroxyl groups is 1. The second-order valence-electron chi connectivity index (χ2n) is 5.17. The molecule has 19 heavy (non-hydrogen) atoms. The van der Waals surface area contributed by atoms with Gasteiger partial charge in [-0.3, -0.25) is 4.98 Å². The van der Waals surface area contributed by atoms with Gasteiger partial charge in [0.05, 0.1) is 24.4 Å². The Hall–Kier alpha value is -1.61. The van der Waals surface area contributed by atoms with Crippen LogP contribution in [0.2, 0.25) is 0 Å². The first-order valence-corrected chi connectivity index (χ1v) is 6.83. The van der Waals surface area contributed by atoms with E-state index in [9.17, 15) is 5.11 Å². The molecule has 102 valence electrons. The summed E-state index contributed by atoms with van der Waals surface area (Å²) in [5.74, 6) is 1.52. The predicted octanol–water partition coefficient (Wildman–Crippen LogP) is 3.54. The number of fused-ring (bicyclic) bond motifs is 1. The van der Waals surface area contributed by atoms with Gasteiger partial charge >= 0.3 is 0 Å². The molecule has 1 aromatic carbocycles. The van der Waals surface area contributed by atoms with Gasteiger partial charge in [-0.05, 0) is 30.9 Å². The van der Waals surface area contributed by atoms with Crippen LogP contribution in [0.5, 0.6) is 5.75 Å². The molecule has 1 N–H and O–H groups in total. The fourth-order valence-corrected chi connectivity index (χ4v) is 2.07.